The number of carbonyl (C=O) groups excluding carboxylic acids is 1. The van der Waals surface area contributed by atoms with Gasteiger partial charge in [-0.2, -0.15) is 0 Å². The first-order valence-corrected chi connectivity index (χ1v) is 10.2. The van der Waals surface area contributed by atoms with Gasteiger partial charge < -0.3 is 19.9 Å². The van der Waals surface area contributed by atoms with Crippen LogP contribution in [-0.2, 0) is 11.3 Å². The molecule has 0 radical (unpaired) electrons. The summed E-state index contributed by atoms with van der Waals surface area (Å²) < 4.78 is 5.97. The number of ether oxygens (including phenoxy) is 1. The Morgan fingerprint density at radius 3 is 2.79 bits per heavy atom. The van der Waals surface area contributed by atoms with E-state index in [4.69, 9.17) is 4.74 Å². The second kappa shape index (κ2) is 8.94. The number of carbonyl (C=O) groups is 1. The van der Waals surface area contributed by atoms with E-state index >= 15 is 0 Å². The normalized spacial score (nSPS) is 19.7. The molecule has 152 valence electrons. The lowest BCUT2D eigenvalue weighted by atomic mass is 10.2. The summed E-state index contributed by atoms with van der Waals surface area (Å²) in [5.74, 6) is 1.75. The minimum absolute atomic E-state index is 0.112. The molecule has 1 N–H and O–H groups in total. The predicted molar refractivity (Wildman–Crippen MR) is 113 cm³/mol. The average Bonchev–Trinajstić information content (AvgIpc) is 3.39. The molecule has 0 saturated carbocycles. The van der Waals surface area contributed by atoms with Crippen LogP contribution in [0, 0.1) is 0 Å². The molecule has 2 saturated heterocycles. The summed E-state index contributed by atoms with van der Waals surface area (Å²) in [4.78, 5) is 24.6. The van der Waals surface area contributed by atoms with Crippen molar-refractivity contribution in [3.05, 3.63) is 54.2 Å². The highest BCUT2D eigenvalue weighted by Gasteiger charge is 2.26. The number of pyridine rings is 1. The van der Waals surface area contributed by atoms with E-state index in [1.165, 1.54) is 0 Å². The summed E-state index contributed by atoms with van der Waals surface area (Å²) in [5, 5.41) is 3.43. The molecule has 3 heterocycles. The van der Waals surface area contributed by atoms with Crippen LogP contribution in [0.1, 0.15) is 24.8 Å². The fourth-order valence-electron chi connectivity index (χ4n) is 3.83. The minimum atomic E-state index is 0.112. The van der Waals surface area contributed by atoms with Gasteiger partial charge in [0.1, 0.15) is 6.10 Å². The van der Waals surface area contributed by atoms with Crippen molar-refractivity contribution in [3.8, 4) is 5.88 Å². The molecule has 2 aromatic rings. The fraction of sp³-hybridized carbons (Fsp3) is 0.409. The first-order chi connectivity index (χ1) is 14.2. The molecule has 1 unspecified atom stereocenters. The van der Waals surface area contributed by atoms with E-state index in [2.05, 4.69) is 32.3 Å². The van der Waals surface area contributed by atoms with Crippen molar-refractivity contribution in [1.82, 2.24) is 15.2 Å². The van der Waals surface area contributed by atoms with E-state index in [1.807, 2.05) is 35.2 Å². The molecule has 1 aromatic heterocycles. The molecule has 7 heteroatoms. The maximum atomic E-state index is 11.9. The second-order valence-corrected chi connectivity index (χ2v) is 7.36. The minimum Gasteiger partial charge on any atom is -0.472 e. The highest BCUT2D eigenvalue weighted by atomic mass is 16.5. The first kappa shape index (κ1) is 19.2. The van der Waals surface area contributed by atoms with Crippen molar-refractivity contribution in [2.75, 3.05) is 31.6 Å². The lowest BCUT2D eigenvalue weighted by Crippen LogP contribution is -2.40. The van der Waals surface area contributed by atoms with E-state index in [9.17, 15) is 4.79 Å². The highest BCUT2D eigenvalue weighted by Crippen LogP contribution is 2.21. The number of aromatic nitrogens is 1. The molecule has 1 atom stereocenters. The van der Waals surface area contributed by atoms with Gasteiger partial charge in [0.2, 0.25) is 11.8 Å². The molecule has 2 aliphatic heterocycles. The highest BCUT2D eigenvalue weighted by molar-refractivity contribution is 5.95. The number of likely N-dealkylation sites (tertiary alicyclic amines) is 1. The van der Waals surface area contributed by atoms with E-state index < -0.39 is 0 Å². The first-order valence-electron chi connectivity index (χ1n) is 10.2. The number of anilines is 1. The Kier molecular flexibility index (Phi) is 5.93. The molecule has 0 bridgehead atoms. The number of rotatable bonds is 5. The largest absolute Gasteiger partial charge is 0.472 e. The molecule has 4 rings (SSSR count). The number of nitrogens with zero attached hydrogens (tertiary/aromatic N) is 4. The molecule has 0 aliphatic carbocycles. The summed E-state index contributed by atoms with van der Waals surface area (Å²) in [7, 11) is 1.80. The third kappa shape index (κ3) is 4.67. The van der Waals surface area contributed by atoms with Gasteiger partial charge >= 0.3 is 0 Å². The van der Waals surface area contributed by atoms with Crippen molar-refractivity contribution in [2.45, 2.75) is 31.9 Å². The SMILES string of the molecule is CN=C(NCc1ccc(N2CCCC2=O)cc1)N1CCC(Oc2ccccn2)C1. The van der Waals surface area contributed by atoms with Gasteiger partial charge in [0.25, 0.3) is 0 Å². The fourth-order valence-corrected chi connectivity index (χ4v) is 3.83. The summed E-state index contributed by atoms with van der Waals surface area (Å²) >= 11 is 0. The number of benzene rings is 1. The topological polar surface area (TPSA) is 70.1 Å². The van der Waals surface area contributed by atoms with E-state index in [1.54, 1.807) is 13.2 Å². The summed E-state index contributed by atoms with van der Waals surface area (Å²) in [5.41, 5.74) is 2.14. The Labute approximate surface area is 171 Å². The van der Waals surface area contributed by atoms with Crippen molar-refractivity contribution >= 4 is 17.6 Å². The van der Waals surface area contributed by atoms with Crippen LogP contribution in [0.15, 0.2) is 53.7 Å². The number of hydrogen-bond acceptors (Lipinski definition) is 4. The molecule has 7 nitrogen and oxygen atoms in total. The quantitative estimate of drug-likeness (QED) is 0.624. The van der Waals surface area contributed by atoms with Crippen LogP contribution in [0.5, 0.6) is 5.88 Å². The molecule has 2 fully saturated rings. The van der Waals surface area contributed by atoms with Crippen LogP contribution < -0.4 is 15.0 Å². The molecule has 0 spiro atoms. The van der Waals surface area contributed by atoms with E-state index in [0.29, 0.717) is 18.8 Å². The maximum absolute atomic E-state index is 11.9. The maximum Gasteiger partial charge on any atom is 0.227 e. The zero-order valence-electron chi connectivity index (χ0n) is 16.8. The van der Waals surface area contributed by atoms with Crippen LogP contribution in [0.2, 0.25) is 0 Å². The Morgan fingerprint density at radius 2 is 2.10 bits per heavy atom. The smallest absolute Gasteiger partial charge is 0.227 e. The summed E-state index contributed by atoms with van der Waals surface area (Å²) in [6.45, 7) is 3.18. The molecular weight excluding hydrogens is 366 g/mol. The van der Waals surface area contributed by atoms with Crippen LogP contribution in [0.25, 0.3) is 0 Å². The summed E-state index contributed by atoms with van der Waals surface area (Å²) in [6.07, 6.45) is 4.39. The number of nitrogens with one attached hydrogen (secondary N) is 1. The third-order valence-corrected chi connectivity index (χ3v) is 5.35. The van der Waals surface area contributed by atoms with Crippen LogP contribution in [0.4, 0.5) is 5.69 Å². The van der Waals surface area contributed by atoms with Gasteiger partial charge in [-0.25, -0.2) is 4.98 Å². The summed E-state index contributed by atoms with van der Waals surface area (Å²) in [6, 6.07) is 13.9. The lowest BCUT2D eigenvalue weighted by molar-refractivity contribution is -0.117. The van der Waals surface area contributed by atoms with Gasteiger partial charge in [-0.3, -0.25) is 9.79 Å². The molecule has 29 heavy (non-hydrogen) atoms. The zero-order chi connectivity index (χ0) is 20.1. The van der Waals surface area contributed by atoms with Crippen molar-refractivity contribution in [3.63, 3.8) is 0 Å². The zero-order valence-corrected chi connectivity index (χ0v) is 16.8. The van der Waals surface area contributed by atoms with Crippen LogP contribution in [-0.4, -0.2) is 54.5 Å². The number of guanidine groups is 1. The van der Waals surface area contributed by atoms with Crippen LogP contribution >= 0.6 is 0 Å². The van der Waals surface area contributed by atoms with E-state index in [-0.39, 0.29) is 12.0 Å². The monoisotopic (exact) mass is 393 g/mol. The number of amides is 1. The van der Waals surface area contributed by atoms with Crippen molar-refractivity contribution < 1.29 is 9.53 Å². The average molecular weight is 393 g/mol. The van der Waals surface area contributed by atoms with Crippen molar-refractivity contribution in [2.24, 2.45) is 4.99 Å². The molecule has 1 aromatic carbocycles. The van der Waals surface area contributed by atoms with Gasteiger partial charge in [-0.15, -0.1) is 0 Å². The molecule has 1 amide bonds. The Hall–Kier alpha value is -3.09. The van der Waals surface area contributed by atoms with E-state index in [0.717, 1.165) is 49.7 Å². The lowest BCUT2D eigenvalue weighted by Gasteiger charge is -2.22. The van der Waals surface area contributed by atoms with Crippen LogP contribution in [0.3, 0.4) is 0 Å². The molecule has 2 aliphatic rings. The standard InChI is InChI=1S/C22H27N5O2/c1-23-22(26-14-11-19(16-26)29-20-5-2-3-12-24-20)25-15-17-7-9-18(10-8-17)27-13-4-6-21(27)28/h2-3,5,7-10,12,19H,4,6,11,13-16H2,1H3,(H,23,25). The predicted octanol–water partition coefficient (Wildman–Crippen LogP) is 2.44. The van der Waals surface area contributed by atoms with Gasteiger partial charge in [0.05, 0.1) is 6.54 Å². The second-order valence-electron chi connectivity index (χ2n) is 7.36. The molecular formula is C22H27N5O2. The Bertz CT molecular complexity index is 853. The third-order valence-electron chi connectivity index (χ3n) is 5.35. The van der Waals surface area contributed by atoms with Gasteiger partial charge in [0.15, 0.2) is 5.96 Å². The Balaban J connectivity index is 1.29. The van der Waals surface area contributed by atoms with Gasteiger partial charge in [-0.1, -0.05) is 18.2 Å². The number of hydrogen-bond donors (Lipinski definition) is 1. The Morgan fingerprint density at radius 1 is 1.24 bits per heavy atom. The van der Waals surface area contributed by atoms with Gasteiger partial charge in [-0.05, 0) is 30.2 Å². The van der Waals surface area contributed by atoms with Crippen molar-refractivity contribution in [1.29, 1.82) is 0 Å². The number of aliphatic imine (C=N–C) groups is 1. The van der Waals surface area contributed by atoms with Gasteiger partial charge in [0, 0.05) is 57.5 Å².